The van der Waals surface area contributed by atoms with Crippen LogP contribution in [0, 0.1) is 5.92 Å². The van der Waals surface area contributed by atoms with Gasteiger partial charge in [0.25, 0.3) is 0 Å². The highest BCUT2D eigenvalue weighted by Gasteiger charge is 2.22. The van der Waals surface area contributed by atoms with Crippen molar-refractivity contribution in [1.29, 1.82) is 0 Å². The molecule has 1 aromatic carbocycles. The molecule has 1 aromatic rings. The molecule has 0 radical (unpaired) electrons. The minimum absolute atomic E-state index is 0.0197. The number of hydrogen-bond acceptors (Lipinski definition) is 4. The number of rotatable bonds is 6. The summed E-state index contributed by atoms with van der Waals surface area (Å²) >= 11 is 3.38. The van der Waals surface area contributed by atoms with E-state index in [1.165, 1.54) is 0 Å². The number of ether oxygens (including phenoxy) is 1. The molecule has 1 fully saturated rings. The third kappa shape index (κ3) is 8.75. The van der Waals surface area contributed by atoms with Crippen LogP contribution in [0.3, 0.4) is 0 Å². The number of carbonyl (C=O) groups excluding carboxylic acids is 2. The zero-order valence-corrected chi connectivity index (χ0v) is 18.0. The molecular formula is C20H30BrN3O3. The molecule has 1 heterocycles. The average molecular weight is 440 g/mol. The summed E-state index contributed by atoms with van der Waals surface area (Å²) in [6, 6.07) is 7.56. The largest absolute Gasteiger partial charge is 0.444 e. The molecule has 2 amide bonds. The van der Waals surface area contributed by atoms with Crippen molar-refractivity contribution in [3.8, 4) is 0 Å². The summed E-state index contributed by atoms with van der Waals surface area (Å²) in [5.74, 6) is 0.409. The maximum atomic E-state index is 12.1. The molecule has 1 unspecified atom stereocenters. The smallest absolute Gasteiger partial charge is 0.407 e. The summed E-state index contributed by atoms with van der Waals surface area (Å²) in [4.78, 5) is 26.2. The van der Waals surface area contributed by atoms with Gasteiger partial charge in [-0.1, -0.05) is 15.9 Å². The molecule has 1 aliphatic heterocycles. The van der Waals surface area contributed by atoms with Crippen LogP contribution in [-0.4, -0.2) is 48.7 Å². The van der Waals surface area contributed by atoms with E-state index in [0.29, 0.717) is 18.9 Å². The number of piperidine rings is 1. The lowest BCUT2D eigenvalue weighted by Gasteiger charge is -2.32. The zero-order chi connectivity index (χ0) is 19.9. The highest BCUT2D eigenvalue weighted by Crippen LogP contribution is 2.17. The van der Waals surface area contributed by atoms with Crippen LogP contribution in [0.4, 0.5) is 10.5 Å². The number of carbonyl (C=O) groups is 2. The van der Waals surface area contributed by atoms with Gasteiger partial charge >= 0.3 is 6.09 Å². The molecule has 2 rings (SSSR count). The van der Waals surface area contributed by atoms with Crippen LogP contribution in [0.15, 0.2) is 28.7 Å². The van der Waals surface area contributed by atoms with Crippen LogP contribution in [0.5, 0.6) is 0 Å². The number of anilines is 1. The van der Waals surface area contributed by atoms with Crippen molar-refractivity contribution in [3.05, 3.63) is 28.7 Å². The predicted molar refractivity (Wildman–Crippen MR) is 111 cm³/mol. The maximum Gasteiger partial charge on any atom is 0.407 e. The third-order valence-electron chi connectivity index (χ3n) is 4.32. The minimum Gasteiger partial charge on any atom is -0.444 e. The second-order valence-corrected chi connectivity index (χ2v) is 8.91. The van der Waals surface area contributed by atoms with Crippen molar-refractivity contribution >= 4 is 33.6 Å². The van der Waals surface area contributed by atoms with Gasteiger partial charge in [0.15, 0.2) is 0 Å². The van der Waals surface area contributed by atoms with Crippen LogP contribution >= 0.6 is 15.9 Å². The number of nitrogens with zero attached hydrogens (tertiary/aromatic N) is 1. The van der Waals surface area contributed by atoms with Crippen LogP contribution in [0.2, 0.25) is 0 Å². The topological polar surface area (TPSA) is 70.7 Å². The van der Waals surface area contributed by atoms with E-state index in [1.807, 2.05) is 45.0 Å². The second-order valence-electron chi connectivity index (χ2n) is 8.00. The van der Waals surface area contributed by atoms with E-state index < -0.39 is 5.60 Å². The molecule has 0 saturated carbocycles. The highest BCUT2D eigenvalue weighted by atomic mass is 79.9. The molecule has 150 valence electrons. The van der Waals surface area contributed by atoms with E-state index in [1.54, 1.807) is 0 Å². The SMILES string of the molecule is CC(C)(C)OC(=O)NCC1CCCN(CCC(=O)Nc2ccc(Br)cc2)C1. The first kappa shape index (κ1) is 21.7. The van der Waals surface area contributed by atoms with Gasteiger partial charge in [0.2, 0.25) is 5.91 Å². The first-order valence-corrected chi connectivity index (χ1v) is 10.3. The zero-order valence-electron chi connectivity index (χ0n) is 16.4. The number of nitrogens with one attached hydrogen (secondary N) is 2. The Bertz CT molecular complexity index is 628. The Morgan fingerprint density at radius 1 is 1.26 bits per heavy atom. The lowest BCUT2D eigenvalue weighted by molar-refractivity contribution is -0.116. The Morgan fingerprint density at radius 3 is 2.63 bits per heavy atom. The van der Waals surface area contributed by atoms with E-state index in [9.17, 15) is 9.59 Å². The molecule has 6 nitrogen and oxygen atoms in total. The van der Waals surface area contributed by atoms with E-state index in [2.05, 4.69) is 31.5 Å². The predicted octanol–water partition coefficient (Wildman–Crippen LogP) is 4.01. The number of likely N-dealkylation sites (tertiary alicyclic amines) is 1. The van der Waals surface area contributed by atoms with Crippen LogP contribution in [-0.2, 0) is 9.53 Å². The van der Waals surface area contributed by atoms with Gasteiger partial charge in [0, 0.05) is 36.2 Å². The van der Waals surface area contributed by atoms with Gasteiger partial charge in [-0.3, -0.25) is 4.79 Å². The molecule has 1 saturated heterocycles. The van der Waals surface area contributed by atoms with Gasteiger partial charge in [-0.2, -0.15) is 0 Å². The molecule has 1 atom stereocenters. The maximum absolute atomic E-state index is 12.1. The van der Waals surface area contributed by atoms with Crippen molar-refractivity contribution in [2.75, 3.05) is 31.5 Å². The van der Waals surface area contributed by atoms with Gasteiger partial charge in [-0.05, 0) is 70.3 Å². The van der Waals surface area contributed by atoms with E-state index in [0.717, 1.165) is 42.6 Å². The van der Waals surface area contributed by atoms with Crippen molar-refractivity contribution in [2.24, 2.45) is 5.92 Å². The van der Waals surface area contributed by atoms with Crippen molar-refractivity contribution < 1.29 is 14.3 Å². The molecule has 2 N–H and O–H groups in total. The van der Waals surface area contributed by atoms with Crippen LogP contribution in [0.1, 0.15) is 40.0 Å². The Labute approximate surface area is 170 Å². The van der Waals surface area contributed by atoms with Crippen molar-refractivity contribution in [3.63, 3.8) is 0 Å². The number of amides is 2. The summed E-state index contributed by atoms with van der Waals surface area (Å²) in [5.41, 5.74) is 0.325. The lowest BCUT2D eigenvalue weighted by atomic mass is 9.98. The fraction of sp³-hybridized carbons (Fsp3) is 0.600. The number of hydrogen-bond donors (Lipinski definition) is 2. The van der Waals surface area contributed by atoms with Gasteiger partial charge in [0.05, 0.1) is 0 Å². The Balaban J connectivity index is 1.68. The highest BCUT2D eigenvalue weighted by molar-refractivity contribution is 9.10. The van der Waals surface area contributed by atoms with E-state index in [4.69, 9.17) is 4.74 Å². The molecule has 1 aliphatic rings. The Kier molecular flexibility index (Phi) is 8.10. The summed E-state index contributed by atoms with van der Waals surface area (Å²) in [6.07, 6.45) is 2.25. The molecule has 7 heteroatoms. The fourth-order valence-corrected chi connectivity index (χ4v) is 3.34. The van der Waals surface area contributed by atoms with Crippen LogP contribution in [0.25, 0.3) is 0 Å². The van der Waals surface area contributed by atoms with E-state index >= 15 is 0 Å². The van der Waals surface area contributed by atoms with Gasteiger partial charge in [-0.25, -0.2) is 4.79 Å². The standard InChI is InChI=1S/C20H30BrN3O3/c1-20(2,3)27-19(26)22-13-15-5-4-11-24(14-15)12-10-18(25)23-17-8-6-16(21)7-9-17/h6-9,15H,4-5,10-14H2,1-3H3,(H,22,26)(H,23,25). The molecule has 0 aromatic heterocycles. The van der Waals surface area contributed by atoms with Crippen molar-refractivity contribution in [1.82, 2.24) is 10.2 Å². The average Bonchev–Trinajstić information content (AvgIpc) is 2.59. The summed E-state index contributed by atoms with van der Waals surface area (Å²) in [7, 11) is 0. The third-order valence-corrected chi connectivity index (χ3v) is 4.85. The monoisotopic (exact) mass is 439 g/mol. The first-order chi connectivity index (χ1) is 12.7. The molecule has 27 heavy (non-hydrogen) atoms. The number of halogens is 1. The molecular weight excluding hydrogens is 410 g/mol. The Morgan fingerprint density at radius 2 is 1.96 bits per heavy atom. The fourth-order valence-electron chi connectivity index (χ4n) is 3.08. The minimum atomic E-state index is -0.481. The Hall–Kier alpha value is -1.60. The van der Waals surface area contributed by atoms with Crippen molar-refractivity contribution in [2.45, 2.75) is 45.6 Å². The molecule has 0 spiro atoms. The van der Waals surface area contributed by atoms with Crippen LogP contribution < -0.4 is 10.6 Å². The van der Waals surface area contributed by atoms with Gasteiger partial charge in [0.1, 0.15) is 5.60 Å². The molecule has 0 aliphatic carbocycles. The molecule has 0 bridgehead atoms. The summed E-state index contributed by atoms with van der Waals surface area (Å²) in [6.45, 7) is 8.79. The summed E-state index contributed by atoms with van der Waals surface area (Å²) < 4.78 is 6.26. The first-order valence-electron chi connectivity index (χ1n) is 9.46. The van der Waals surface area contributed by atoms with Gasteiger partial charge < -0.3 is 20.3 Å². The quantitative estimate of drug-likeness (QED) is 0.701. The number of benzene rings is 1. The lowest BCUT2D eigenvalue weighted by Crippen LogP contribution is -2.42. The number of alkyl carbamates (subject to hydrolysis) is 1. The van der Waals surface area contributed by atoms with E-state index in [-0.39, 0.29) is 12.0 Å². The second kappa shape index (κ2) is 10.1. The van der Waals surface area contributed by atoms with Gasteiger partial charge in [-0.15, -0.1) is 0 Å². The normalized spacial score (nSPS) is 18.0. The summed E-state index contributed by atoms with van der Waals surface area (Å²) in [5, 5.41) is 5.78.